The monoisotopic (exact) mass is 286 g/mol. The van der Waals surface area contributed by atoms with Crippen molar-refractivity contribution in [1.82, 2.24) is 4.90 Å². The number of ether oxygens (including phenoxy) is 1. The number of aliphatic imine (C=N–C) groups is 1. The van der Waals surface area contributed by atoms with Crippen LogP contribution in [0.4, 0.5) is 8.78 Å². The molecule has 5 heteroatoms. The Hall–Kier alpha value is -0.810. The summed E-state index contributed by atoms with van der Waals surface area (Å²) >= 11 is 0. The second-order valence-electron chi connectivity index (χ2n) is 6.17. The van der Waals surface area contributed by atoms with Crippen molar-refractivity contribution in [2.75, 3.05) is 33.4 Å². The maximum atomic E-state index is 12.5. The minimum absolute atomic E-state index is 0.0631. The Bertz CT molecular complexity index is 403. The molecule has 20 heavy (non-hydrogen) atoms. The van der Waals surface area contributed by atoms with Crippen LogP contribution in [0.2, 0.25) is 0 Å². The Balaban J connectivity index is 2.13. The molecule has 0 aromatic rings. The molecule has 2 aliphatic rings. The molecule has 2 rings (SSSR count). The summed E-state index contributed by atoms with van der Waals surface area (Å²) in [5.74, 6) is 0.436. The molecule has 0 aliphatic carbocycles. The van der Waals surface area contributed by atoms with Gasteiger partial charge in [0.1, 0.15) is 0 Å². The Labute approximate surface area is 119 Å². The minimum atomic E-state index is -2.30. The van der Waals surface area contributed by atoms with Crippen LogP contribution >= 0.6 is 0 Å². The fourth-order valence-corrected chi connectivity index (χ4v) is 3.07. The van der Waals surface area contributed by atoms with E-state index in [-0.39, 0.29) is 12.0 Å². The zero-order chi connectivity index (χ0) is 14.8. The molecular weight excluding hydrogens is 262 g/mol. The molecule has 0 aromatic carbocycles. The first-order valence-corrected chi connectivity index (χ1v) is 7.21. The quantitative estimate of drug-likeness (QED) is 0.776. The van der Waals surface area contributed by atoms with E-state index in [9.17, 15) is 8.78 Å². The third-order valence-electron chi connectivity index (χ3n) is 4.49. The van der Waals surface area contributed by atoms with Crippen molar-refractivity contribution in [3.63, 3.8) is 0 Å². The van der Waals surface area contributed by atoms with E-state index < -0.39 is 6.43 Å². The fourth-order valence-electron chi connectivity index (χ4n) is 3.07. The van der Waals surface area contributed by atoms with Gasteiger partial charge in [0.25, 0.3) is 6.43 Å². The Morgan fingerprint density at radius 2 is 2.30 bits per heavy atom. The predicted octanol–water partition coefficient (Wildman–Crippen LogP) is 2.97. The molecule has 114 valence electrons. The summed E-state index contributed by atoms with van der Waals surface area (Å²) in [6.45, 7) is 6.01. The highest BCUT2D eigenvalue weighted by Gasteiger charge is 2.41. The molecule has 0 amide bonds. The third kappa shape index (κ3) is 3.44. The lowest BCUT2D eigenvalue weighted by atomic mass is 9.69. The molecule has 2 atom stereocenters. The lowest BCUT2D eigenvalue weighted by Gasteiger charge is -2.39. The van der Waals surface area contributed by atoms with Crippen LogP contribution in [0.15, 0.2) is 16.8 Å². The van der Waals surface area contributed by atoms with Crippen molar-refractivity contribution in [1.29, 1.82) is 0 Å². The first kappa shape index (κ1) is 15.6. The number of nitrogens with zero attached hydrogens (tertiary/aromatic N) is 2. The molecule has 2 heterocycles. The van der Waals surface area contributed by atoms with Crippen LogP contribution < -0.4 is 0 Å². The lowest BCUT2D eigenvalue weighted by Crippen LogP contribution is -2.44. The fraction of sp³-hybridized carbons (Fsp3) is 0.800. The minimum Gasteiger partial charge on any atom is -0.381 e. The molecule has 0 saturated carbocycles. The summed E-state index contributed by atoms with van der Waals surface area (Å²) in [7, 11) is 1.73. The van der Waals surface area contributed by atoms with Crippen molar-refractivity contribution in [3.8, 4) is 0 Å². The van der Waals surface area contributed by atoms with Gasteiger partial charge in [-0.15, -0.1) is 0 Å². The van der Waals surface area contributed by atoms with Gasteiger partial charge in [0.05, 0.1) is 13.2 Å². The Morgan fingerprint density at radius 1 is 1.55 bits per heavy atom. The van der Waals surface area contributed by atoms with E-state index in [1.54, 1.807) is 11.9 Å². The zero-order valence-electron chi connectivity index (χ0n) is 12.5. The van der Waals surface area contributed by atoms with E-state index in [1.165, 1.54) is 0 Å². The first-order valence-electron chi connectivity index (χ1n) is 7.21. The van der Waals surface area contributed by atoms with Crippen molar-refractivity contribution in [2.24, 2.45) is 16.3 Å². The number of hydrogen-bond donors (Lipinski definition) is 0. The topological polar surface area (TPSA) is 24.8 Å². The normalized spacial score (nSPS) is 30.9. The average molecular weight is 286 g/mol. The van der Waals surface area contributed by atoms with E-state index in [1.807, 2.05) is 6.92 Å². The summed E-state index contributed by atoms with van der Waals surface area (Å²) in [6, 6.07) is 0. The summed E-state index contributed by atoms with van der Waals surface area (Å²) < 4.78 is 30.5. The molecule has 0 N–H and O–H groups in total. The van der Waals surface area contributed by atoms with Gasteiger partial charge in [0.15, 0.2) is 0 Å². The molecule has 1 fully saturated rings. The zero-order valence-corrected chi connectivity index (χ0v) is 12.5. The Morgan fingerprint density at radius 3 is 2.90 bits per heavy atom. The van der Waals surface area contributed by atoms with E-state index in [4.69, 9.17) is 4.74 Å². The number of allylic oxidation sites excluding steroid dienone is 2. The molecule has 3 nitrogen and oxygen atoms in total. The van der Waals surface area contributed by atoms with Gasteiger partial charge in [-0.25, -0.2) is 8.78 Å². The van der Waals surface area contributed by atoms with Crippen molar-refractivity contribution >= 4 is 5.71 Å². The molecule has 0 radical (unpaired) electrons. The maximum Gasteiger partial charge on any atom is 0.251 e. The van der Waals surface area contributed by atoms with Crippen LogP contribution in [-0.2, 0) is 4.74 Å². The highest BCUT2D eigenvalue weighted by atomic mass is 19.3. The highest BCUT2D eigenvalue weighted by Crippen LogP contribution is 2.41. The van der Waals surface area contributed by atoms with Crippen molar-refractivity contribution < 1.29 is 13.5 Å². The highest BCUT2D eigenvalue weighted by molar-refractivity contribution is 5.93. The van der Waals surface area contributed by atoms with Crippen LogP contribution in [0.1, 0.15) is 26.7 Å². The van der Waals surface area contributed by atoms with Gasteiger partial charge in [-0.2, -0.15) is 0 Å². The smallest absolute Gasteiger partial charge is 0.251 e. The van der Waals surface area contributed by atoms with Crippen LogP contribution in [0.5, 0.6) is 0 Å². The molecular formula is C15H24F2N2O. The lowest BCUT2D eigenvalue weighted by molar-refractivity contribution is 0.105. The second-order valence-corrected chi connectivity index (χ2v) is 6.17. The van der Waals surface area contributed by atoms with Crippen LogP contribution in [-0.4, -0.2) is 50.4 Å². The van der Waals surface area contributed by atoms with Gasteiger partial charge in [-0.05, 0) is 32.7 Å². The predicted molar refractivity (Wildman–Crippen MR) is 76.3 cm³/mol. The van der Waals surface area contributed by atoms with Crippen molar-refractivity contribution in [3.05, 3.63) is 11.8 Å². The van der Waals surface area contributed by atoms with E-state index >= 15 is 0 Å². The summed E-state index contributed by atoms with van der Waals surface area (Å²) in [5, 5.41) is 0. The molecule has 0 aromatic heterocycles. The maximum absolute atomic E-state index is 12.5. The second kappa shape index (κ2) is 6.31. The molecule has 1 unspecified atom stereocenters. The van der Waals surface area contributed by atoms with Gasteiger partial charge in [-0.1, -0.05) is 13.0 Å². The van der Waals surface area contributed by atoms with Gasteiger partial charge < -0.3 is 4.74 Å². The van der Waals surface area contributed by atoms with E-state index in [2.05, 4.69) is 18.0 Å². The average Bonchev–Trinajstić information content (AvgIpc) is 2.87. The molecule has 0 bridgehead atoms. The van der Waals surface area contributed by atoms with Gasteiger partial charge in [0.2, 0.25) is 0 Å². The van der Waals surface area contributed by atoms with E-state index in [0.29, 0.717) is 12.5 Å². The number of halogens is 2. The van der Waals surface area contributed by atoms with Crippen LogP contribution in [0.25, 0.3) is 0 Å². The van der Waals surface area contributed by atoms with Gasteiger partial charge in [0, 0.05) is 30.0 Å². The van der Waals surface area contributed by atoms with Gasteiger partial charge >= 0.3 is 0 Å². The third-order valence-corrected chi connectivity index (χ3v) is 4.49. The summed E-state index contributed by atoms with van der Waals surface area (Å²) in [4.78, 5) is 6.33. The summed E-state index contributed by atoms with van der Waals surface area (Å²) in [5.41, 5.74) is 1.95. The first-order chi connectivity index (χ1) is 9.41. The largest absolute Gasteiger partial charge is 0.381 e. The van der Waals surface area contributed by atoms with E-state index in [0.717, 1.165) is 37.5 Å². The van der Waals surface area contributed by atoms with Crippen LogP contribution in [0.3, 0.4) is 0 Å². The van der Waals surface area contributed by atoms with Crippen molar-refractivity contribution in [2.45, 2.75) is 33.1 Å². The number of rotatable bonds is 5. The molecule has 0 spiro atoms. The Kier molecular flexibility index (Phi) is 4.91. The molecule has 2 aliphatic heterocycles. The SMILES string of the molecule is CC1=CCC(C)([C@H]2CCOC2)C(CN(C)CC(F)F)=N1. The number of alkyl halides is 2. The van der Waals surface area contributed by atoms with Crippen LogP contribution in [0, 0.1) is 11.3 Å². The number of hydrogen-bond acceptors (Lipinski definition) is 3. The molecule has 1 saturated heterocycles. The standard InChI is InChI=1S/C15H24F2N2O/c1-11-4-6-15(2,12-5-7-20-10-12)13(18-11)8-19(3)9-14(16)17/h4,12,14H,5-10H2,1-3H3/t12-,15?/m0/s1. The summed E-state index contributed by atoms with van der Waals surface area (Å²) in [6.07, 6.45) is 1.80. The van der Waals surface area contributed by atoms with Gasteiger partial charge in [-0.3, -0.25) is 9.89 Å².